The van der Waals surface area contributed by atoms with Crippen LogP contribution in [0, 0.1) is 17.8 Å². The zero-order valence-corrected chi connectivity index (χ0v) is 15.4. The summed E-state index contributed by atoms with van der Waals surface area (Å²) in [6, 6.07) is 5.10. The van der Waals surface area contributed by atoms with Crippen molar-refractivity contribution in [1.29, 1.82) is 0 Å². The van der Waals surface area contributed by atoms with Gasteiger partial charge in [-0.3, -0.25) is 4.79 Å². The maximum Gasteiger partial charge on any atom is 0.324 e. The molecule has 0 N–H and O–H groups in total. The minimum Gasteiger partial charge on any atom is -0.481 e. The SMILES string of the molecule is CC#CCOc1ccc(S(=O)(=O)N(C)[C@@H](C(=O)OC)C(C)C)cc1. The maximum atomic E-state index is 12.7. The molecule has 1 atom stereocenters. The summed E-state index contributed by atoms with van der Waals surface area (Å²) in [6.45, 7) is 5.47. The van der Waals surface area contributed by atoms with Crippen molar-refractivity contribution in [2.45, 2.75) is 31.7 Å². The van der Waals surface area contributed by atoms with E-state index < -0.39 is 22.0 Å². The standard InChI is InChI=1S/C17H23NO5S/c1-6-7-12-23-14-8-10-15(11-9-14)24(20,21)18(4)16(13(2)3)17(19)22-5/h8-11,13,16H,12H2,1-5H3/t16-/m1/s1. The molecule has 0 aliphatic rings. The van der Waals surface area contributed by atoms with Crippen LogP contribution in [0.3, 0.4) is 0 Å². The molecule has 0 radical (unpaired) electrons. The zero-order valence-electron chi connectivity index (χ0n) is 14.6. The molecular weight excluding hydrogens is 330 g/mol. The molecule has 7 heteroatoms. The van der Waals surface area contributed by atoms with E-state index in [9.17, 15) is 13.2 Å². The second-order valence-electron chi connectivity index (χ2n) is 5.42. The van der Waals surface area contributed by atoms with Gasteiger partial charge in [-0.25, -0.2) is 8.42 Å². The molecule has 0 heterocycles. The number of hydrogen-bond acceptors (Lipinski definition) is 5. The molecule has 24 heavy (non-hydrogen) atoms. The molecule has 1 aromatic rings. The van der Waals surface area contributed by atoms with E-state index in [0.29, 0.717) is 5.75 Å². The monoisotopic (exact) mass is 353 g/mol. The minimum atomic E-state index is -3.83. The van der Waals surface area contributed by atoms with Crippen molar-refractivity contribution in [3.8, 4) is 17.6 Å². The number of ether oxygens (including phenoxy) is 2. The van der Waals surface area contributed by atoms with Crippen molar-refractivity contribution in [3.05, 3.63) is 24.3 Å². The summed E-state index contributed by atoms with van der Waals surface area (Å²) in [7, 11) is -1.22. The molecule has 0 saturated heterocycles. The lowest BCUT2D eigenvalue weighted by Crippen LogP contribution is -2.46. The van der Waals surface area contributed by atoms with Gasteiger partial charge in [0, 0.05) is 7.05 Å². The first-order valence-corrected chi connectivity index (χ1v) is 8.88. The average Bonchev–Trinajstić information content (AvgIpc) is 2.55. The van der Waals surface area contributed by atoms with Gasteiger partial charge in [-0.05, 0) is 37.1 Å². The normalized spacial score (nSPS) is 12.5. The first kappa shape index (κ1) is 20.0. The van der Waals surface area contributed by atoms with Gasteiger partial charge in [0.2, 0.25) is 10.0 Å². The number of rotatable bonds is 7. The summed E-state index contributed by atoms with van der Waals surface area (Å²) in [5, 5.41) is 0. The lowest BCUT2D eigenvalue weighted by atomic mass is 10.1. The molecule has 1 aromatic carbocycles. The van der Waals surface area contributed by atoms with E-state index in [1.807, 2.05) is 0 Å². The lowest BCUT2D eigenvalue weighted by Gasteiger charge is -2.28. The molecule has 0 amide bonds. The van der Waals surface area contributed by atoms with Crippen LogP contribution >= 0.6 is 0 Å². The van der Waals surface area contributed by atoms with Crippen LogP contribution in [-0.2, 0) is 19.6 Å². The molecule has 0 saturated carbocycles. The fourth-order valence-electron chi connectivity index (χ4n) is 2.18. The molecule has 0 aromatic heterocycles. The van der Waals surface area contributed by atoms with Crippen molar-refractivity contribution in [2.24, 2.45) is 5.92 Å². The van der Waals surface area contributed by atoms with Gasteiger partial charge in [0.15, 0.2) is 0 Å². The number of hydrogen-bond donors (Lipinski definition) is 0. The number of carbonyl (C=O) groups excluding carboxylic acids is 1. The Morgan fingerprint density at radius 2 is 1.83 bits per heavy atom. The molecule has 6 nitrogen and oxygen atoms in total. The Balaban J connectivity index is 3.04. The molecule has 0 fully saturated rings. The first-order chi connectivity index (χ1) is 11.3. The summed E-state index contributed by atoms with van der Waals surface area (Å²) in [4.78, 5) is 12.0. The number of sulfonamides is 1. The number of benzene rings is 1. The van der Waals surface area contributed by atoms with Gasteiger partial charge in [0.25, 0.3) is 0 Å². The largest absolute Gasteiger partial charge is 0.481 e. The van der Waals surface area contributed by atoms with Crippen LogP contribution in [0.1, 0.15) is 20.8 Å². The Labute approximate surface area is 143 Å². The van der Waals surface area contributed by atoms with Gasteiger partial charge in [0.05, 0.1) is 12.0 Å². The van der Waals surface area contributed by atoms with E-state index in [0.717, 1.165) is 4.31 Å². The third-order valence-electron chi connectivity index (χ3n) is 3.45. The summed E-state index contributed by atoms with van der Waals surface area (Å²) in [5.41, 5.74) is 0. The van der Waals surface area contributed by atoms with Gasteiger partial charge < -0.3 is 9.47 Å². The predicted octanol–water partition coefficient (Wildman–Crippen LogP) is 1.91. The van der Waals surface area contributed by atoms with Gasteiger partial charge in [-0.1, -0.05) is 19.8 Å². The Kier molecular flexibility index (Phi) is 7.26. The summed E-state index contributed by atoms with van der Waals surface area (Å²) in [5.74, 6) is 5.17. The summed E-state index contributed by atoms with van der Waals surface area (Å²) >= 11 is 0. The third kappa shape index (κ3) is 4.73. The Morgan fingerprint density at radius 1 is 1.25 bits per heavy atom. The Morgan fingerprint density at radius 3 is 2.29 bits per heavy atom. The number of esters is 1. The quantitative estimate of drug-likeness (QED) is 0.553. The third-order valence-corrected chi connectivity index (χ3v) is 5.31. The Bertz CT molecular complexity index is 714. The molecule has 0 aliphatic heterocycles. The van der Waals surface area contributed by atoms with E-state index in [1.54, 1.807) is 32.9 Å². The maximum absolute atomic E-state index is 12.7. The fourth-order valence-corrected chi connectivity index (χ4v) is 3.62. The van der Waals surface area contributed by atoms with Gasteiger partial charge >= 0.3 is 5.97 Å². The molecule has 1 rings (SSSR count). The highest BCUT2D eigenvalue weighted by Gasteiger charge is 2.35. The number of methoxy groups -OCH3 is 1. The first-order valence-electron chi connectivity index (χ1n) is 7.44. The molecule has 0 bridgehead atoms. The second kappa shape index (κ2) is 8.71. The average molecular weight is 353 g/mol. The highest BCUT2D eigenvalue weighted by molar-refractivity contribution is 7.89. The lowest BCUT2D eigenvalue weighted by molar-refractivity contribution is -0.146. The van der Waals surface area contributed by atoms with Crippen LogP contribution in [-0.4, -0.2) is 45.5 Å². The smallest absolute Gasteiger partial charge is 0.324 e. The molecule has 0 unspecified atom stereocenters. The van der Waals surface area contributed by atoms with Crippen LogP contribution in [0.15, 0.2) is 29.2 Å². The topological polar surface area (TPSA) is 72.9 Å². The van der Waals surface area contributed by atoms with E-state index in [4.69, 9.17) is 9.47 Å². The number of carbonyl (C=O) groups is 1. The van der Waals surface area contributed by atoms with Crippen molar-refractivity contribution in [1.82, 2.24) is 4.31 Å². The predicted molar refractivity (Wildman–Crippen MR) is 91.0 cm³/mol. The molecule has 0 spiro atoms. The van der Waals surface area contributed by atoms with Gasteiger partial charge in [0.1, 0.15) is 18.4 Å². The van der Waals surface area contributed by atoms with E-state index >= 15 is 0 Å². The van der Waals surface area contributed by atoms with Crippen LogP contribution in [0.25, 0.3) is 0 Å². The minimum absolute atomic E-state index is 0.0773. The summed E-state index contributed by atoms with van der Waals surface area (Å²) < 4.78 is 36.6. The van der Waals surface area contributed by atoms with E-state index in [1.165, 1.54) is 26.3 Å². The van der Waals surface area contributed by atoms with Crippen molar-refractivity contribution < 1.29 is 22.7 Å². The fraction of sp³-hybridized carbons (Fsp3) is 0.471. The van der Waals surface area contributed by atoms with Crippen LogP contribution < -0.4 is 4.74 Å². The van der Waals surface area contributed by atoms with Crippen molar-refractivity contribution in [2.75, 3.05) is 20.8 Å². The number of likely N-dealkylation sites (N-methyl/N-ethyl adjacent to an activating group) is 1. The van der Waals surface area contributed by atoms with Crippen LogP contribution in [0.2, 0.25) is 0 Å². The number of nitrogens with zero attached hydrogens (tertiary/aromatic N) is 1. The van der Waals surface area contributed by atoms with E-state index in [-0.39, 0.29) is 17.4 Å². The zero-order chi connectivity index (χ0) is 18.3. The van der Waals surface area contributed by atoms with E-state index in [2.05, 4.69) is 11.8 Å². The van der Waals surface area contributed by atoms with Crippen molar-refractivity contribution >= 4 is 16.0 Å². The van der Waals surface area contributed by atoms with Crippen molar-refractivity contribution in [3.63, 3.8) is 0 Å². The van der Waals surface area contributed by atoms with Crippen LogP contribution in [0.4, 0.5) is 0 Å². The van der Waals surface area contributed by atoms with Crippen LogP contribution in [0.5, 0.6) is 5.75 Å². The summed E-state index contributed by atoms with van der Waals surface area (Å²) in [6.07, 6.45) is 0. The Hall–Kier alpha value is -2.04. The second-order valence-corrected chi connectivity index (χ2v) is 7.42. The molecular formula is C17H23NO5S. The van der Waals surface area contributed by atoms with Gasteiger partial charge in [-0.15, -0.1) is 5.92 Å². The molecule has 132 valence electrons. The highest BCUT2D eigenvalue weighted by atomic mass is 32.2. The van der Waals surface area contributed by atoms with Gasteiger partial charge in [-0.2, -0.15) is 4.31 Å². The highest BCUT2D eigenvalue weighted by Crippen LogP contribution is 2.23. The molecule has 0 aliphatic carbocycles.